The zero-order chi connectivity index (χ0) is 11.5. The third kappa shape index (κ3) is 3.40. The van der Waals surface area contributed by atoms with Crippen LogP contribution in [0.2, 0.25) is 0 Å². The Morgan fingerprint density at radius 2 is 2.06 bits per heavy atom. The van der Waals surface area contributed by atoms with E-state index < -0.39 is 0 Å². The zero-order valence-corrected chi connectivity index (χ0v) is 9.92. The Morgan fingerprint density at radius 1 is 1.38 bits per heavy atom. The van der Waals surface area contributed by atoms with Crippen molar-refractivity contribution in [1.29, 1.82) is 0 Å². The van der Waals surface area contributed by atoms with Gasteiger partial charge in [-0.15, -0.1) is 0 Å². The first kappa shape index (κ1) is 11.2. The third-order valence-electron chi connectivity index (χ3n) is 3.01. The van der Waals surface area contributed by atoms with Crippen LogP contribution in [-0.4, -0.2) is 37.5 Å². The van der Waals surface area contributed by atoms with Crippen LogP contribution in [0, 0.1) is 5.92 Å². The van der Waals surface area contributed by atoms with Crippen molar-refractivity contribution in [3.05, 3.63) is 0 Å². The van der Waals surface area contributed by atoms with Gasteiger partial charge in [0, 0.05) is 19.1 Å². The summed E-state index contributed by atoms with van der Waals surface area (Å²) in [6.07, 6.45) is 3.44. The highest BCUT2D eigenvalue weighted by Crippen LogP contribution is 2.28. The van der Waals surface area contributed by atoms with Gasteiger partial charge in [-0.1, -0.05) is 6.92 Å². The van der Waals surface area contributed by atoms with Gasteiger partial charge < -0.3 is 16.0 Å². The van der Waals surface area contributed by atoms with Gasteiger partial charge in [0.25, 0.3) is 0 Å². The van der Waals surface area contributed by atoms with Crippen LogP contribution >= 0.6 is 0 Å². The molecule has 5 nitrogen and oxygen atoms in total. The van der Waals surface area contributed by atoms with Crippen molar-refractivity contribution in [2.75, 3.05) is 13.6 Å². The summed E-state index contributed by atoms with van der Waals surface area (Å²) in [7, 11) is 1.72. The first-order valence-corrected chi connectivity index (χ1v) is 5.95. The smallest absolute Gasteiger partial charge is 0.239 e. The molecular formula is C11H20N4O. The van der Waals surface area contributed by atoms with Crippen molar-refractivity contribution >= 4 is 11.9 Å². The fourth-order valence-corrected chi connectivity index (χ4v) is 1.56. The average Bonchev–Trinajstić information content (AvgIpc) is 3.14. The zero-order valence-electron chi connectivity index (χ0n) is 9.92. The van der Waals surface area contributed by atoms with Gasteiger partial charge in [-0.05, 0) is 25.2 Å². The molecule has 0 aromatic carbocycles. The highest BCUT2D eigenvalue weighted by Gasteiger charge is 2.33. The molecule has 3 N–H and O–H groups in total. The van der Waals surface area contributed by atoms with Crippen molar-refractivity contribution in [3.8, 4) is 0 Å². The minimum atomic E-state index is 0.0503. The third-order valence-corrected chi connectivity index (χ3v) is 3.01. The van der Waals surface area contributed by atoms with Gasteiger partial charge in [-0.3, -0.25) is 9.79 Å². The predicted octanol–water partition coefficient (Wildman–Crippen LogP) is -0.162. The molecule has 0 radical (unpaired) electrons. The van der Waals surface area contributed by atoms with Crippen LogP contribution < -0.4 is 16.0 Å². The Kier molecular flexibility index (Phi) is 3.31. The van der Waals surface area contributed by atoms with Gasteiger partial charge in [0.15, 0.2) is 5.96 Å². The first-order chi connectivity index (χ1) is 7.69. The van der Waals surface area contributed by atoms with Crippen LogP contribution in [0.4, 0.5) is 0 Å². The number of rotatable bonds is 4. The minimum Gasteiger partial charge on any atom is -0.353 e. The molecule has 0 aromatic heterocycles. The average molecular weight is 224 g/mol. The second-order valence-electron chi connectivity index (χ2n) is 4.73. The second kappa shape index (κ2) is 4.72. The molecular weight excluding hydrogens is 204 g/mol. The molecule has 0 saturated heterocycles. The van der Waals surface area contributed by atoms with E-state index in [2.05, 4.69) is 27.9 Å². The van der Waals surface area contributed by atoms with Crippen LogP contribution in [0.1, 0.15) is 26.2 Å². The molecule has 2 rings (SSSR count). The second-order valence-corrected chi connectivity index (χ2v) is 4.73. The van der Waals surface area contributed by atoms with Gasteiger partial charge in [0.2, 0.25) is 5.91 Å². The number of amides is 1. The number of hydrogen-bond donors (Lipinski definition) is 3. The highest BCUT2D eigenvalue weighted by molar-refractivity contribution is 5.86. The number of aliphatic imine (C=N–C) groups is 1. The lowest BCUT2D eigenvalue weighted by atomic mass is 10.5. The van der Waals surface area contributed by atoms with Gasteiger partial charge >= 0.3 is 0 Å². The van der Waals surface area contributed by atoms with Gasteiger partial charge in [0.1, 0.15) is 0 Å². The number of nitrogens with one attached hydrogen (secondary N) is 3. The Balaban J connectivity index is 1.63. The maximum Gasteiger partial charge on any atom is 0.239 e. The Labute approximate surface area is 96.1 Å². The lowest BCUT2D eigenvalue weighted by molar-refractivity contribution is -0.120. The number of hydrogen-bond acceptors (Lipinski definition) is 2. The van der Waals surface area contributed by atoms with E-state index in [9.17, 15) is 4.79 Å². The molecule has 2 aliphatic rings. The summed E-state index contributed by atoms with van der Waals surface area (Å²) in [6.45, 7) is 2.50. The predicted molar refractivity (Wildman–Crippen MR) is 63.2 cm³/mol. The van der Waals surface area contributed by atoms with Crippen molar-refractivity contribution in [2.45, 2.75) is 38.3 Å². The van der Waals surface area contributed by atoms with E-state index in [0.717, 1.165) is 24.7 Å². The molecule has 1 amide bonds. The number of carbonyl (C=O) groups is 1. The van der Waals surface area contributed by atoms with E-state index in [1.807, 2.05) is 0 Å². The van der Waals surface area contributed by atoms with Crippen molar-refractivity contribution in [3.63, 3.8) is 0 Å². The van der Waals surface area contributed by atoms with E-state index in [1.54, 1.807) is 7.05 Å². The fourth-order valence-electron chi connectivity index (χ4n) is 1.56. The fraction of sp³-hybridized carbons (Fsp3) is 0.818. The van der Waals surface area contributed by atoms with E-state index in [1.165, 1.54) is 6.42 Å². The summed E-state index contributed by atoms with van der Waals surface area (Å²) < 4.78 is 0. The van der Waals surface area contributed by atoms with E-state index in [-0.39, 0.29) is 5.91 Å². The van der Waals surface area contributed by atoms with E-state index >= 15 is 0 Å². The van der Waals surface area contributed by atoms with Crippen LogP contribution in [0.3, 0.4) is 0 Å². The summed E-state index contributed by atoms with van der Waals surface area (Å²) in [5.41, 5.74) is 0. The van der Waals surface area contributed by atoms with Gasteiger partial charge in [-0.25, -0.2) is 0 Å². The van der Waals surface area contributed by atoms with Crippen molar-refractivity contribution in [1.82, 2.24) is 16.0 Å². The lowest BCUT2D eigenvalue weighted by Gasteiger charge is -2.11. The molecule has 2 atom stereocenters. The quantitative estimate of drug-likeness (QED) is 0.459. The van der Waals surface area contributed by atoms with E-state index in [0.29, 0.717) is 18.6 Å². The highest BCUT2D eigenvalue weighted by atomic mass is 16.2. The van der Waals surface area contributed by atoms with Gasteiger partial charge in [-0.2, -0.15) is 0 Å². The summed E-state index contributed by atoms with van der Waals surface area (Å²) in [5, 5.41) is 9.22. The molecule has 0 aliphatic heterocycles. The Bertz CT molecular complexity index is 298. The van der Waals surface area contributed by atoms with Gasteiger partial charge in [0.05, 0.1) is 6.54 Å². The van der Waals surface area contributed by atoms with Crippen LogP contribution in [0.25, 0.3) is 0 Å². The van der Waals surface area contributed by atoms with Crippen LogP contribution in [0.15, 0.2) is 4.99 Å². The van der Waals surface area contributed by atoms with Crippen molar-refractivity contribution in [2.24, 2.45) is 10.9 Å². The number of carbonyl (C=O) groups excluding carboxylic acids is 1. The first-order valence-electron chi connectivity index (χ1n) is 5.95. The molecule has 2 saturated carbocycles. The molecule has 2 unspecified atom stereocenters. The minimum absolute atomic E-state index is 0.0503. The Hall–Kier alpha value is -1.26. The van der Waals surface area contributed by atoms with Crippen LogP contribution in [0.5, 0.6) is 0 Å². The summed E-state index contributed by atoms with van der Waals surface area (Å²) in [6, 6.07) is 0.949. The number of guanidine groups is 1. The molecule has 0 bridgehead atoms. The summed E-state index contributed by atoms with van der Waals surface area (Å²) in [4.78, 5) is 15.5. The SMILES string of the molecule is CN=C(NCC(=O)NC1CC1)NC1CC1C. The molecule has 2 aliphatic carbocycles. The molecule has 0 aromatic rings. The maximum absolute atomic E-state index is 11.4. The molecule has 5 heteroatoms. The summed E-state index contributed by atoms with van der Waals surface area (Å²) >= 11 is 0. The van der Waals surface area contributed by atoms with E-state index in [4.69, 9.17) is 0 Å². The normalized spacial score (nSPS) is 28.5. The monoisotopic (exact) mass is 224 g/mol. The maximum atomic E-state index is 11.4. The van der Waals surface area contributed by atoms with Crippen molar-refractivity contribution < 1.29 is 4.79 Å². The molecule has 2 fully saturated rings. The number of nitrogens with zero attached hydrogens (tertiary/aromatic N) is 1. The molecule has 90 valence electrons. The standard InChI is InChI=1S/C11H20N4O/c1-7-5-9(7)15-11(12-2)13-6-10(16)14-8-3-4-8/h7-9H,3-6H2,1-2H3,(H,14,16)(H2,12,13,15). The van der Waals surface area contributed by atoms with Crippen LogP contribution in [-0.2, 0) is 4.79 Å². The summed E-state index contributed by atoms with van der Waals surface area (Å²) in [5.74, 6) is 1.49. The largest absolute Gasteiger partial charge is 0.353 e. The molecule has 0 heterocycles. The lowest BCUT2D eigenvalue weighted by Crippen LogP contribution is -2.44. The topological polar surface area (TPSA) is 65.5 Å². The molecule has 16 heavy (non-hydrogen) atoms. The molecule has 0 spiro atoms. The Morgan fingerprint density at radius 3 is 2.56 bits per heavy atom.